The first-order valence-corrected chi connectivity index (χ1v) is 31.6. The maximum atomic E-state index is 13.4. The van der Waals surface area contributed by atoms with E-state index in [-0.39, 0.29) is 38.3 Å². The van der Waals surface area contributed by atoms with E-state index in [0.717, 1.165) is 57.4 Å². The number of carbonyl (C=O) groups excluding carboxylic acids is 3. The Labute approximate surface area is 445 Å². The summed E-state index contributed by atoms with van der Waals surface area (Å²) >= 11 is 11.7. The second-order valence-corrected chi connectivity index (χ2v) is 19.9. The van der Waals surface area contributed by atoms with Crippen LogP contribution >= 0.6 is 63.6 Å². The predicted molar refractivity (Wildman–Crippen MR) is 274 cm³/mol. The minimum absolute atomic E-state index is 0. The van der Waals surface area contributed by atoms with Crippen LogP contribution in [0.15, 0.2) is 82.6 Å². The number of ether oxygens (including phenoxy) is 3. The van der Waals surface area contributed by atoms with Gasteiger partial charge in [-0.1, -0.05) is 95.8 Å². The van der Waals surface area contributed by atoms with Gasteiger partial charge in [-0.15, -0.1) is 34.0 Å². The third-order valence-electron chi connectivity index (χ3n) is 10.7. The van der Waals surface area contributed by atoms with Crippen LogP contribution in [0.4, 0.5) is 26.3 Å². The number of esters is 3. The molecule has 3 fully saturated rings. The summed E-state index contributed by atoms with van der Waals surface area (Å²) in [5.74, 6) is -0.0898. The molecule has 2 aromatic carbocycles. The second-order valence-electron chi connectivity index (χ2n) is 15.2. The second kappa shape index (κ2) is 33.0. The summed E-state index contributed by atoms with van der Waals surface area (Å²) in [4.78, 5) is 37.8. The molecule has 2 N–H and O–H groups in total. The van der Waals surface area contributed by atoms with Crippen molar-refractivity contribution in [3.05, 3.63) is 125 Å². The fourth-order valence-electron chi connectivity index (χ4n) is 7.49. The SMILES string of the molecule is C.C.COC(=O)c1cc(-c2ccccc2C(F)(F)F)c(C2CCCC2)s1.COC(=O)c1ccc(Br)s1.COC(=O)c1ccc(C2CCCC2)s1.OB(O)c1ccccc1C(F)(F)F.[CH-]1CCCC1.[Zn+][Br]. The number of methoxy groups -OCH3 is 3. The molecule has 3 saturated carbocycles. The van der Waals surface area contributed by atoms with E-state index in [1.165, 1.54) is 141 Å². The number of halogens is 8. The Bertz CT molecular complexity index is 2300. The number of rotatable bonds is 7. The average molecular weight is 1220 g/mol. The Kier molecular flexibility index (Phi) is 30.7. The molecule has 0 atom stereocenters. The van der Waals surface area contributed by atoms with E-state index in [0.29, 0.717) is 21.2 Å². The Morgan fingerprint density at radius 1 is 0.614 bits per heavy atom. The Morgan fingerprint density at radius 2 is 1.07 bits per heavy atom. The molecule has 0 bridgehead atoms. The molecule has 0 unspecified atom stereocenters. The van der Waals surface area contributed by atoms with Crippen LogP contribution in [0.2, 0.25) is 0 Å². The van der Waals surface area contributed by atoms with Crippen molar-refractivity contribution in [3.63, 3.8) is 0 Å². The van der Waals surface area contributed by atoms with Crippen molar-refractivity contribution in [1.29, 1.82) is 0 Å². The Balaban J connectivity index is 0.000000462. The van der Waals surface area contributed by atoms with Gasteiger partial charge in [0, 0.05) is 9.75 Å². The van der Waals surface area contributed by atoms with Crippen LogP contribution in [0, 0.1) is 6.42 Å². The van der Waals surface area contributed by atoms with Crippen LogP contribution in [-0.4, -0.2) is 56.4 Å². The first-order valence-electron chi connectivity index (χ1n) is 21.4. The standard InChI is InChI=1S/C18H17F3O2S.C11H14O2S.C7H6BF3O2.C6H5BrO2S.C5H9.2CH4.BrH.Zn/c1-23-17(22)15-10-13(16(24-15)11-6-2-3-7-11)12-8-4-5-9-14(12)18(19,20)21;1-13-11(12)10-7-6-9(14-10)8-4-2-3-5-8;9-7(10,11)5-3-1-2-4-6(5)8(12)13;1-9-6(8)4-2-3-5(7)10-4;1-2-4-5-3-1;;;;/h4-5,8-11H,2-3,6-7H2,1H3;6-8H,2-5H2,1H3;1-4,12-13H;2-3H,1H3;1H,2-5H2;2*1H4;1H;/q;;;;-1;;;;+2/p-1. The van der Waals surface area contributed by atoms with Crippen LogP contribution in [-0.2, 0) is 42.9 Å². The van der Waals surface area contributed by atoms with Crippen LogP contribution in [0.1, 0.15) is 154 Å². The average Bonchev–Trinajstić information content (AvgIpc) is 4.19. The van der Waals surface area contributed by atoms with Crippen molar-refractivity contribution >= 4 is 94.1 Å². The zero-order valence-corrected chi connectivity index (χ0v) is 46.2. The van der Waals surface area contributed by atoms with Gasteiger partial charge in [-0.25, -0.2) is 14.4 Å². The molecule has 0 spiro atoms. The first kappa shape index (κ1) is 65.1. The predicted octanol–water partition coefficient (Wildman–Crippen LogP) is 15.6. The van der Waals surface area contributed by atoms with E-state index in [2.05, 4.69) is 51.5 Å². The normalized spacial score (nSPS) is 14.1. The molecule has 3 aliphatic carbocycles. The van der Waals surface area contributed by atoms with E-state index < -0.39 is 42.0 Å². The van der Waals surface area contributed by atoms with Gasteiger partial charge in [0.1, 0.15) is 14.6 Å². The first-order chi connectivity index (χ1) is 32.4. The van der Waals surface area contributed by atoms with E-state index >= 15 is 0 Å². The van der Waals surface area contributed by atoms with Crippen LogP contribution in [0.5, 0.6) is 0 Å². The summed E-state index contributed by atoms with van der Waals surface area (Å²) in [6, 6.07) is 18.9. The van der Waals surface area contributed by atoms with Gasteiger partial charge in [0.25, 0.3) is 0 Å². The molecule has 3 heterocycles. The molecule has 70 heavy (non-hydrogen) atoms. The summed E-state index contributed by atoms with van der Waals surface area (Å²) in [5, 5.41) is 17.2. The van der Waals surface area contributed by atoms with Gasteiger partial charge in [-0.05, 0) is 106 Å². The van der Waals surface area contributed by atoms with Crippen LogP contribution in [0.3, 0.4) is 0 Å². The third-order valence-corrected chi connectivity index (χ3v) is 14.8. The molecule has 21 heteroatoms. The fourth-order valence-corrected chi connectivity index (χ4v) is 11.2. The van der Waals surface area contributed by atoms with Gasteiger partial charge >= 0.3 is 67.3 Å². The molecule has 3 aliphatic rings. The summed E-state index contributed by atoms with van der Waals surface area (Å²) in [6.45, 7) is 0. The molecule has 0 saturated heterocycles. The number of benzene rings is 2. The number of carbonyl (C=O) groups is 3. The van der Waals surface area contributed by atoms with Crippen LogP contribution < -0.4 is 5.46 Å². The summed E-state index contributed by atoms with van der Waals surface area (Å²) in [6.07, 6.45) is 8.25. The summed E-state index contributed by atoms with van der Waals surface area (Å²) in [5.41, 5.74) is -1.57. The van der Waals surface area contributed by atoms with Gasteiger partial charge in [0.15, 0.2) is 0 Å². The fraction of sp³-hybridized carbons (Fsp3) is 0.429. The molecule has 5 aromatic rings. The molecule has 0 aliphatic heterocycles. The quantitative estimate of drug-likeness (QED) is 0.0544. The van der Waals surface area contributed by atoms with Gasteiger partial charge in [0.05, 0.1) is 36.2 Å². The minimum atomic E-state index is -4.56. The van der Waals surface area contributed by atoms with E-state index in [1.807, 2.05) is 12.1 Å². The zero-order chi connectivity index (χ0) is 50.4. The Hall–Kier alpha value is -2.90. The molecule has 8 nitrogen and oxygen atoms in total. The maximum absolute atomic E-state index is 13.4. The molecular formula is C49H59BBr2F6O8S3Zn. The molecule has 0 amide bonds. The number of thiophene rings is 3. The number of hydrogen-bond acceptors (Lipinski definition) is 11. The molecular weight excluding hydrogens is 1160 g/mol. The summed E-state index contributed by atoms with van der Waals surface area (Å²) < 4.78 is 91.6. The third kappa shape index (κ3) is 20.5. The molecule has 0 radical (unpaired) electrons. The van der Waals surface area contributed by atoms with Crippen molar-refractivity contribution < 1.29 is 81.3 Å². The molecule has 382 valence electrons. The van der Waals surface area contributed by atoms with Gasteiger partial charge < -0.3 is 30.7 Å². The van der Waals surface area contributed by atoms with Crippen molar-refractivity contribution in [3.8, 4) is 11.1 Å². The number of hydrogen-bond donors (Lipinski definition) is 2. The van der Waals surface area contributed by atoms with E-state index in [4.69, 9.17) is 14.8 Å². The van der Waals surface area contributed by atoms with Gasteiger partial charge in [-0.2, -0.15) is 39.2 Å². The van der Waals surface area contributed by atoms with Crippen molar-refractivity contribution in [2.45, 2.75) is 116 Å². The molecule has 8 rings (SSSR count). The van der Waals surface area contributed by atoms with Gasteiger partial charge in [-0.3, -0.25) is 0 Å². The topological polar surface area (TPSA) is 119 Å². The van der Waals surface area contributed by atoms with Gasteiger partial charge in [0.2, 0.25) is 0 Å². The van der Waals surface area contributed by atoms with E-state index in [9.17, 15) is 40.7 Å². The summed E-state index contributed by atoms with van der Waals surface area (Å²) in [7, 11) is 1.98. The molecule has 3 aromatic heterocycles. The Morgan fingerprint density at radius 3 is 1.51 bits per heavy atom. The number of alkyl halides is 6. The van der Waals surface area contributed by atoms with Crippen LogP contribution in [0.25, 0.3) is 11.1 Å². The monoisotopic (exact) mass is 1220 g/mol. The van der Waals surface area contributed by atoms with Crippen molar-refractivity contribution in [2.75, 3.05) is 21.3 Å². The van der Waals surface area contributed by atoms with E-state index in [1.54, 1.807) is 29.5 Å². The van der Waals surface area contributed by atoms with Crippen molar-refractivity contribution in [1.82, 2.24) is 0 Å². The van der Waals surface area contributed by atoms with Crippen molar-refractivity contribution in [2.24, 2.45) is 0 Å². The zero-order valence-electron chi connectivity index (χ0n) is 37.6.